The molecule has 2 aromatic carbocycles. The fourth-order valence-corrected chi connectivity index (χ4v) is 9.75. The van der Waals surface area contributed by atoms with Crippen LogP contribution < -0.4 is 0 Å². The zero-order chi connectivity index (χ0) is 14.1. The van der Waals surface area contributed by atoms with E-state index < -0.39 is 0 Å². The van der Waals surface area contributed by atoms with Gasteiger partial charge in [-0.3, -0.25) is 0 Å². The van der Waals surface area contributed by atoms with Crippen LogP contribution in [0.4, 0.5) is 0 Å². The maximum absolute atomic E-state index is 4.06. The van der Waals surface area contributed by atoms with E-state index in [9.17, 15) is 0 Å². The van der Waals surface area contributed by atoms with Gasteiger partial charge in [0, 0.05) is 0 Å². The second-order valence-electron chi connectivity index (χ2n) is 5.11. The predicted octanol–water partition coefficient (Wildman–Crippen LogP) is 5.33. The molecule has 1 aliphatic heterocycles. The first kappa shape index (κ1) is 15.1. The molecule has 0 nitrogen and oxygen atoms in total. The summed E-state index contributed by atoms with van der Waals surface area (Å²) < 4.78 is 1.45. The second-order valence-corrected chi connectivity index (χ2v) is 15.6. The molecule has 0 amide bonds. The van der Waals surface area contributed by atoms with Crippen LogP contribution in [0.2, 0.25) is 4.47 Å². The van der Waals surface area contributed by atoms with Gasteiger partial charge in [-0.2, -0.15) is 0 Å². The third-order valence-electron chi connectivity index (χ3n) is 4.01. The van der Waals surface area contributed by atoms with Crippen LogP contribution in [0.3, 0.4) is 0 Å². The quantitative estimate of drug-likeness (QED) is 0.381. The van der Waals surface area contributed by atoms with Gasteiger partial charge in [0.25, 0.3) is 0 Å². The van der Waals surface area contributed by atoms with Crippen molar-refractivity contribution in [3.05, 3.63) is 71.8 Å². The average Bonchev–Trinajstić information content (AvgIpc) is 2.49. The summed E-state index contributed by atoms with van der Waals surface area (Å²) in [5.41, 5.74) is 2.89. The molecular weight excluding hydrogens is 492 g/mol. The van der Waals surface area contributed by atoms with Crippen molar-refractivity contribution >= 4 is 52.8 Å². The van der Waals surface area contributed by atoms with Crippen LogP contribution in [0.1, 0.15) is 24.0 Å². The Hall–Kier alpha value is 0.190. The molecule has 3 rings (SSSR count). The van der Waals surface area contributed by atoms with Gasteiger partial charge in [-0.25, -0.2) is 0 Å². The molecule has 104 valence electrons. The standard InChI is InChI=1S/C17H16Br2Te/c18-17(19)16(12-7-13-20-17,14-8-3-1-4-9-14)15-10-5-2-6-11-15/h1-6,8-11H,7,12-13H2. The third-order valence-corrected chi connectivity index (χ3v) is 11.9. The molecule has 0 saturated carbocycles. The van der Waals surface area contributed by atoms with Gasteiger partial charge in [0.15, 0.2) is 0 Å². The molecule has 1 heterocycles. The van der Waals surface area contributed by atoms with Crippen LogP contribution in [-0.2, 0) is 5.41 Å². The van der Waals surface area contributed by atoms with Crippen LogP contribution in [0.15, 0.2) is 60.7 Å². The van der Waals surface area contributed by atoms with E-state index in [0.717, 1.165) is 0 Å². The van der Waals surface area contributed by atoms with Crippen molar-refractivity contribution in [1.82, 2.24) is 0 Å². The first-order chi connectivity index (χ1) is 9.67. The van der Waals surface area contributed by atoms with Gasteiger partial charge in [0.05, 0.1) is 0 Å². The van der Waals surface area contributed by atoms with Crippen LogP contribution >= 0.6 is 31.9 Å². The van der Waals surface area contributed by atoms with Gasteiger partial charge in [0.1, 0.15) is 0 Å². The molecule has 0 N–H and O–H groups in total. The number of alkyl halides is 2. The Bertz CT molecular complexity index is 527. The molecule has 0 aromatic heterocycles. The molecule has 0 bridgehead atoms. The second kappa shape index (κ2) is 6.13. The Labute approximate surface area is 147 Å². The molecule has 1 saturated heterocycles. The van der Waals surface area contributed by atoms with Gasteiger partial charge in [0.2, 0.25) is 0 Å². The molecule has 3 heteroatoms. The Morgan fingerprint density at radius 3 is 1.75 bits per heavy atom. The Morgan fingerprint density at radius 2 is 1.30 bits per heavy atom. The van der Waals surface area contributed by atoms with E-state index >= 15 is 0 Å². The van der Waals surface area contributed by atoms with E-state index in [-0.39, 0.29) is 27.6 Å². The number of benzene rings is 2. The van der Waals surface area contributed by atoms with Gasteiger partial charge in [-0.05, 0) is 0 Å². The molecule has 0 spiro atoms. The first-order valence-corrected chi connectivity index (χ1v) is 11.2. The molecule has 0 unspecified atom stereocenters. The fourth-order valence-electron chi connectivity index (χ4n) is 3.04. The van der Waals surface area contributed by atoms with Gasteiger partial charge in [-0.15, -0.1) is 0 Å². The van der Waals surface area contributed by atoms with Crippen LogP contribution in [-0.4, -0.2) is 22.2 Å². The van der Waals surface area contributed by atoms with Crippen molar-refractivity contribution in [1.29, 1.82) is 0 Å². The summed E-state index contributed by atoms with van der Waals surface area (Å²) in [7, 11) is 0. The van der Waals surface area contributed by atoms with Gasteiger partial charge < -0.3 is 0 Å². The van der Waals surface area contributed by atoms with Crippen LogP contribution in [0, 0.1) is 0 Å². The molecule has 1 fully saturated rings. The van der Waals surface area contributed by atoms with E-state index in [1.807, 2.05) is 0 Å². The van der Waals surface area contributed by atoms with Crippen molar-refractivity contribution < 1.29 is 0 Å². The summed E-state index contributed by atoms with van der Waals surface area (Å²) in [6, 6.07) is 22.0. The molecule has 0 aliphatic carbocycles. The Balaban J connectivity index is 2.23. The van der Waals surface area contributed by atoms with E-state index in [2.05, 4.69) is 92.5 Å². The maximum atomic E-state index is 4.06. The summed E-state index contributed by atoms with van der Waals surface area (Å²) in [6.45, 7) is 0. The molecule has 0 atom stereocenters. The van der Waals surface area contributed by atoms with Crippen LogP contribution in [0.25, 0.3) is 0 Å². The monoisotopic (exact) mass is 508 g/mol. The van der Waals surface area contributed by atoms with Crippen molar-refractivity contribution in [2.75, 3.05) is 0 Å². The molecule has 1 aliphatic rings. The third kappa shape index (κ3) is 2.52. The summed E-state index contributed by atoms with van der Waals surface area (Å²) in [4.78, 5) is 0. The first-order valence-electron chi connectivity index (χ1n) is 6.80. The molecule has 2 aromatic rings. The summed E-state index contributed by atoms with van der Waals surface area (Å²) >= 11 is 7.99. The summed E-state index contributed by atoms with van der Waals surface area (Å²) in [5, 5.41) is 0. The van der Waals surface area contributed by atoms with E-state index in [1.54, 1.807) is 0 Å². The topological polar surface area (TPSA) is 0 Å². The van der Waals surface area contributed by atoms with Crippen molar-refractivity contribution in [2.24, 2.45) is 0 Å². The number of hydrogen-bond donors (Lipinski definition) is 0. The summed E-state index contributed by atoms with van der Waals surface area (Å²) in [6.07, 6.45) is 2.52. The minimum atomic E-state index is -0.135. The predicted molar refractivity (Wildman–Crippen MR) is 94.0 cm³/mol. The van der Waals surface area contributed by atoms with Crippen molar-refractivity contribution in [3.63, 3.8) is 0 Å². The zero-order valence-electron chi connectivity index (χ0n) is 11.1. The van der Waals surface area contributed by atoms with Crippen molar-refractivity contribution in [2.45, 2.75) is 24.0 Å². The Morgan fingerprint density at radius 1 is 0.800 bits per heavy atom. The molecule has 0 radical (unpaired) electrons. The average molecular weight is 508 g/mol. The minimum absolute atomic E-state index is 0.0516. The Kier molecular flexibility index (Phi) is 4.63. The van der Waals surface area contributed by atoms with E-state index in [1.165, 1.54) is 28.4 Å². The zero-order valence-corrected chi connectivity index (χ0v) is 16.6. The normalized spacial score (nSPS) is 20.5. The van der Waals surface area contributed by atoms with Crippen molar-refractivity contribution in [3.8, 4) is 0 Å². The molecular formula is C17H16Br2Te. The fraction of sp³-hybridized carbons (Fsp3) is 0.294. The SMILES string of the molecule is BrC1(Br)[Te]CCCC1(c1ccccc1)c1ccccc1. The van der Waals surface area contributed by atoms with Crippen LogP contribution in [0.5, 0.6) is 0 Å². The van der Waals surface area contributed by atoms with Gasteiger partial charge >= 0.3 is 149 Å². The van der Waals surface area contributed by atoms with E-state index in [0.29, 0.717) is 0 Å². The van der Waals surface area contributed by atoms with Gasteiger partial charge in [-0.1, -0.05) is 0 Å². The van der Waals surface area contributed by atoms with E-state index in [4.69, 9.17) is 0 Å². The molecule has 20 heavy (non-hydrogen) atoms. The number of rotatable bonds is 2. The number of halogens is 2. The number of hydrogen-bond acceptors (Lipinski definition) is 0. The summed E-state index contributed by atoms with van der Waals surface area (Å²) in [5.74, 6) is 0.